The summed E-state index contributed by atoms with van der Waals surface area (Å²) in [5.74, 6) is -0.0306. The molecule has 1 atom stereocenters. The second-order valence-corrected chi connectivity index (χ2v) is 3.86. The molecule has 2 rings (SSSR count). The van der Waals surface area contributed by atoms with E-state index >= 15 is 0 Å². The minimum Gasteiger partial charge on any atom is -0.352 e. The van der Waals surface area contributed by atoms with Crippen LogP contribution in [0.2, 0.25) is 0 Å². The number of rotatable bonds is 3. The first-order valence-corrected chi connectivity index (χ1v) is 5.22. The lowest BCUT2D eigenvalue weighted by Gasteiger charge is -2.12. The Morgan fingerprint density at radius 1 is 1.50 bits per heavy atom. The maximum absolute atomic E-state index is 10.9. The Balaban J connectivity index is 2.18. The number of fused-ring (bicyclic) bond motifs is 1. The first kappa shape index (κ1) is 10.6. The number of nitrogens with one attached hydrogen (secondary N) is 1. The molecular formula is C11H14N4O. The summed E-state index contributed by atoms with van der Waals surface area (Å²) in [7, 11) is 0. The van der Waals surface area contributed by atoms with E-state index in [1.54, 1.807) is 4.68 Å². The van der Waals surface area contributed by atoms with Gasteiger partial charge in [0.25, 0.3) is 0 Å². The van der Waals surface area contributed by atoms with Crippen LogP contribution in [0.4, 0.5) is 0 Å². The Labute approximate surface area is 93.4 Å². The number of aromatic nitrogens is 3. The molecule has 1 amide bonds. The SMILES string of the molecule is CC(=O)N[C@H](C)Cn1nnc2ccccc21. The highest BCUT2D eigenvalue weighted by Crippen LogP contribution is 2.09. The molecule has 16 heavy (non-hydrogen) atoms. The first-order valence-electron chi connectivity index (χ1n) is 5.22. The van der Waals surface area contributed by atoms with Gasteiger partial charge in [-0.15, -0.1) is 5.10 Å². The van der Waals surface area contributed by atoms with Crippen LogP contribution in [0.15, 0.2) is 24.3 Å². The summed E-state index contributed by atoms with van der Waals surface area (Å²) in [6.07, 6.45) is 0. The Morgan fingerprint density at radius 3 is 3.00 bits per heavy atom. The normalized spacial score (nSPS) is 12.6. The van der Waals surface area contributed by atoms with Gasteiger partial charge in [-0.3, -0.25) is 4.79 Å². The van der Waals surface area contributed by atoms with Crippen LogP contribution in [-0.4, -0.2) is 26.9 Å². The highest BCUT2D eigenvalue weighted by atomic mass is 16.1. The third-order valence-electron chi connectivity index (χ3n) is 2.32. The van der Waals surface area contributed by atoms with Gasteiger partial charge in [0, 0.05) is 13.0 Å². The number of carbonyl (C=O) groups is 1. The van der Waals surface area contributed by atoms with Crippen LogP contribution in [0.3, 0.4) is 0 Å². The van der Waals surface area contributed by atoms with Crippen LogP contribution in [0.25, 0.3) is 11.0 Å². The monoisotopic (exact) mass is 218 g/mol. The molecule has 0 radical (unpaired) electrons. The molecule has 1 N–H and O–H groups in total. The van der Waals surface area contributed by atoms with Gasteiger partial charge < -0.3 is 5.32 Å². The zero-order chi connectivity index (χ0) is 11.5. The summed E-state index contributed by atoms with van der Waals surface area (Å²) < 4.78 is 1.80. The average Bonchev–Trinajstić information content (AvgIpc) is 2.61. The van der Waals surface area contributed by atoms with Crippen LogP contribution in [-0.2, 0) is 11.3 Å². The van der Waals surface area contributed by atoms with Crippen molar-refractivity contribution in [3.63, 3.8) is 0 Å². The fourth-order valence-corrected chi connectivity index (χ4v) is 1.70. The molecule has 1 aromatic heterocycles. The molecule has 0 saturated heterocycles. The van der Waals surface area contributed by atoms with E-state index in [-0.39, 0.29) is 11.9 Å². The summed E-state index contributed by atoms with van der Waals surface area (Å²) in [4.78, 5) is 10.9. The van der Waals surface area contributed by atoms with E-state index in [9.17, 15) is 4.79 Å². The van der Waals surface area contributed by atoms with E-state index in [2.05, 4.69) is 15.6 Å². The van der Waals surface area contributed by atoms with Gasteiger partial charge in [-0.05, 0) is 19.1 Å². The van der Waals surface area contributed by atoms with Gasteiger partial charge in [0.2, 0.25) is 5.91 Å². The number of benzene rings is 1. The van der Waals surface area contributed by atoms with Gasteiger partial charge >= 0.3 is 0 Å². The van der Waals surface area contributed by atoms with Crippen molar-refractivity contribution in [2.75, 3.05) is 0 Å². The molecule has 0 unspecified atom stereocenters. The fraction of sp³-hybridized carbons (Fsp3) is 0.364. The molecule has 0 aliphatic rings. The lowest BCUT2D eigenvalue weighted by molar-refractivity contribution is -0.119. The van der Waals surface area contributed by atoms with Crippen molar-refractivity contribution in [1.82, 2.24) is 20.3 Å². The lowest BCUT2D eigenvalue weighted by atomic mass is 10.3. The summed E-state index contributed by atoms with van der Waals surface area (Å²) in [6.45, 7) is 4.08. The third kappa shape index (κ3) is 2.18. The summed E-state index contributed by atoms with van der Waals surface area (Å²) in [6, 6.07) is 7.81. The maximum atomic E-state index is 10.9. The summed E-state index contributed by atoms with van der Waals surface area (Å²) >= 11 is 0. The van der Waals surface area contributed by atoms with Crippen LogP contribution >= 0.6 is 0 Å². The summed E-state index contributed by atoms with van der Waals surface area (Å²) in [5.41, 5.74) is 1.86. The average molecular weight is 218 g/mol. The zero-order valence-electron chi connectivity index (χ0n) is 9.34. The van der Waals surface area contributed by atoms with Gasteiger partial charge in [-0.1, -0.05) is 17.3 Å². The van der Waals surface area contributed by atoms with Gasteiger partial charge in [-0.25, -0.2) is 4.68 Å². The topological polar surface area (TPSA) is 59.8 Å². The van der Waals surface area contributed by atoms with Crippen LogP contribution in [0, 0.1) is 0 Å². The van der Waals surface area contributed by atoms with E-state index in [0.717, 1.165) is 11.0 Å². The van der Waals surface area contributed by atoms with Crippen molar-refractivity contribution in [1.29, 1.82) is 0 Å². The van der Waals surface area contributed by atoms with Crippen LogP contribution in [0.5, 0.6) is 0 Å². The Morgan fingerprint density at radius 2 is 2.25 bits per heavy atom. The molecule has 5 heteroatoms. The number of amides is 1. The highest BCUT2D eigenvalue weighted by molar-refractivity contribution is 5.74. The van der Waals surface area contributed by atoms with Crippen molar-refractivity contribution in [3.05, 3.63) is 24.3 Å². The standard InChI is InChI=1S/C11H14N4O/c1-8(12-9(2)16)7-15-11-6-4-3-5-10(11)13-14-15/h3-6,8H,7H2,1-2H3,(H,12,16)/t8-/m1/s1. The molecule has 84 valence electrons. The molecule has 0 aliphatic heterocycles. The maximum Gasteiger partial charge on any atom is 0.217 e. The quantitative estimate of drug-likeness (QED) is 0.834. The molecule has 0 spiro atoms. The lowest BCUT2D eigenvalue weighted by Crippen LogP contribution is -2.34. The molecule has 1 heterocycles. The Kier molecular flexibility index (Phi) is 2.85. The van der Waals surface area contributed by atoms with E-state index < -0.39 is 0 Å². The van der Waals surface area contributed by atoms with Crippen molar-refractivity contribution < 1.29 is 4.79 Å². The summed E-state index contributed by atoms with van der Waals surface area (Å²) in [5, 5.41) is 10.9. The van der Waals surface area contributed by atoms with Gasteiger partial charge in [0.15, 0.2) is 0 Å². The van der Waals surface area contributed by atoms with E-state index in [1.165, 1.54) is 6.92 Å². The second kappa shape index (κ2) is 4.30. The van der Waals surface area contributed by atoms with Gasteiger partial charge in [0.1, 0.15) is 5.52 Å². The smallest absolute Gasteiger partial charge is 0.217 e. The minimum absolute atomic E-state index is 0.0306. The van der Waals surface area contributed by atoms with E-state index in [0.29, 0.717) is 6.54 Å². The molecule has 0 fully saturated rings. The molecule has 1 aromatic carbocycles. The van der Waals surface area contributed by atoms with Gasteiger partial charge in [0.05, 0.1) is 12.1 Å². The zero-order valence-corrected chi connectivity index (χ0v) is 9.34. The second-order valence-electron chi connectivity index (χ2n) is 3.86. The molecule has 0 aliphatic carbocycles. The van der Waals surface area contributed by atoms with Crippen molar-refractivity contribution in [2.45, 2.75) is 26.4 Å². The van der Waals surface area contributed by atoms with Crippen LogP contribution in [0.1, 0.15) is 13.8 Å². The molecule has 5 nitrogen and oxygen atoms in total. The number of hydrogen-bond donors (Lipinski definition) is 1. The molecular weight excluding hydrogens is 204 g/mol. The van der Waals surface area contributed by atoms with Crippen molar-refractivity contribution >= 4 is 16.9 Å². The third-order valence-corrected chi connectivity index (χ3v) is 2.32. The first-order chi connectivity index (χ1) is 7.66. The molecule has 2 aromatic rings. The molecule has 0 bridgehead atoms. The fourth-order valence-electron chi connectivity index (χ4n) is 1.70. The van der Waals surface area contributed by atoms with E-state index in [4.69, 9.17) is 0 Å². The molecule has 0 saturated carbocycles. The predicted octanol–water partition coefficient (Wildman–Crippen LogP) is 0.956. The van der Waals surface area contributed by atoms with Crippen molar-refractivity contribution in [2.24, 2.45) is 0 Å². The number of para-hydroxylation sites is 1. The van der Waals surface area contributed by atoms with Crippen LogP contribution < -0.4 is 5.32 Å². The minimum atomic E-state index is -0.0306. The Hall–Kier alpha value is -1.91. The number of hydrogen-bond acceptors (Lipinski definition) is 3. The van der Waals surface area contributed by atoms with Crippen molar-refractivity contribution in [3.8, 4) is 0 Å². The highest BCUT2D eigenvalue weighted by Gasteiger charge is 2.08. The largest absolute Gasteiger partial charge is 0.352 e. The number of nitrogens with zero attached hydrogens (tertiary/aromatic N) is 3. The Bertz CT molecular complexity index is 505. The number of carbonyl (C=O) groups excluding carboxylic acids is 1. The predicted molar refractivity (Wildman–Crippen MR) is 60.8 cm³/mol. The van der Waals surface area contributed by atoms with E-state index in [1.807, 2.05) is 31.2 Å². The van der Waals surface area contributed by atoms with Gasteiger partial charge in [-0.2, -0.15) is 0 Å².